The third-order valence-electron chi connectivity index (χ3n) is 3.50. The van der Waals surface area contributed by atoms with Crippen LogP contribution in [0.15, 0.2) is 18.2 Å². The molecule has 0 bridgehead atoms. The highest BCUT2D eigenvalue weighted by Crippen LogP contribution is 2.28. The summed E-state index contributed by atoms with van der Waals surface area (Å²) in [6.45, 7) is 8.56. The Balaban J connectivity index is 2.09. The monoisotopic (exact) mass is 249 g/mol. The van der Waals surface area contributed by atoms with Crippen LogP contribution in [0.1, 0.15) is 37.8 Å². The molecule has 18 heavy (non-hydrogen) atoms. The molecule has 1 aliphatic heterocycles. The fourth-order valence-corrected chi connectivity index (χ4v) is 2.52. The highest BCUT2D eigenvalue weighted by molar-refractivity contribution is 5.38. The zero-order valence-corrected chi connectivity index (χ0v) is 11.7. The highest BCUT2D eigenvalue weighted by atomic mass is 16.5. The number of rotatable bonds is 4. The van der Waals surface area contributed by atoms with Gasteiger partial charge < -0.3 is 9.84 Å². The Morgan fingerprint density at radius 3 is 2.56 bits per heavy atom. The highest BCUT2D eigenvalue weighted by Gasteiger charge is 2.36. The molecule has 1 N–H and O–H groups in total. The molecule has 3 heteroatoms. The van der Waals surface area contributed by atoms with Gasteiger partial charge in [-0.05, 0) is 24.5 Å². The van der Waals surface area contributed by atoms with Gasteiger partial charge in [0.15, 0.2) is 0 Å². The third-order valence-corrected chi connectivity index (χ3v) is 3.50. The van der Waals surface area contributed by atoms with Crippen molar-refractivity contribution in [2.75, 3.05) is 20.2 Å². The van der Waals surface area contributed by atoms with E-state index in [9.17, 15) is 5.11 Å². The van der Waals surface area contributed by atoms with E-state index in [0.717, 1.165) is 25.4 Å². The van der Waals surface area contributed by atoms with Gasteiger partial charge in [0.2, 0.25) is 0 Å². The molecule has 0 atom stereocenters. The number of ether oxygens (including phenoxy) is 1. The Morgan fingerprint density at radius 1 is 1.39 bits per heavy atom. The first-order valence-corrected chi connectivity index (χ1v) is 6.53. The van der Waals surface area contributed by atoms with Crippen LogP contribution in [-0.4, -0.2) is 35.8 Å². The van der Waals surface area contributed by atoms with Crippen molar-refractivity contribution >= 4 is 0 Å². The fraction of sp³-hybridized carbons (Fsp3) is 0.600. The molecular weight excluding hydrogens is 226 g/mol. The average Bonchev–Trinajstić information content (AvgIpc) is 2.26. The molecular formula is C15H23NO2. The van der Waals surface area contributed by atoms with Crippen molar-refractivity contribution in [2.45, 2.75) is 38.8 Å². The maximum absolute atomic E-state index is 9.73. The number of hydrogen-bond donors (Lipinski definition) is 1. The normalized spacial score (nSPS) is 18.8. The lowest BCUT2D eigenvalue weighted by Gasteiger charge is -2.44. The predicted molar refractivity (Wildman–Crippen MR) is 73.0 cm³/mol. The number of methoxy groups -OCH3 is 1. The van der Waals surface area contributed by atoms with E-state index >= 15 is 0 Å². The van der Waals surface area contributed by atoms with Gasteiger partial charge in [-0.15, -0.1) is 0 Å². The van der Waals surface area contributed by atoms with Gasteiger partial charge in [-0.1, -0.05) is 26.0 Å². The number of β-amino-alcohol motifs (C(OH)–C–C–N with tert-alkyl or cyclic N) is 1. The van der Waals surface area contributed by atoms with Gasteiger partial charge in [-0.25, -0.2) is 0 Å². The van der Waals surface area contributed by atoms with E-state index in [2.05, 4.69) is 36.9 Å². The maximum Gasteiger partial charge on any atom is 0.123 e. The van der Waals surface area contributed by atoms with Gasteiger partial charge >= 0.3 is 0 Å². The zero-order valence-electron chi connectivity index (χ0n) is 11.7. The molecule has 1 aliphatic rings. The molecule has 1 heterocycles. The van der Waals surface area contributed by atoms with E-state index in [1.54, 1.807) is 7.11 Å². The Labute approximate surface area is 109 Å². The van der Waals surface area contributed by atoms with Gasteiger partial charge in [0, 0.05) is 25.2 Å². The van der Waals surface area contributed by atoms with Crippen LogP contribution in [0.25, 0.3) is 0 Å². The van der Waals surface area contributed by atoms with E-state index in [-0.39, 0.29) is 0 Å². The molecule has 1 aromatic rings. The van der Waals surface area contributed by atoms with Crippen LogP contribution in [0.2, 0.25) is 0 Å². The van der Waals surface area contributed by atoms with Crippen molar-refractivity contribution in [3.05, 3.63) is 29.3 Å². The number of likely N-dealkylation sites (tertiary alicyclic amines) is 1. The molecule has 3 nitrogen and oxygen atoms in total. The molecule has 1 saturated heterocycles. The second kappa shape index (κ2) is 4.90. The molecule has 0 unspecified atom stereocenters. The minimum Gasteiger partial charge on any atom is -0.496 e. The number of benzene rings is 1. The third kappa shape index (κ3) is 2.85. The summed E-state index contributed by atoms with van der Waals surface area (Å²) < 4.78 is 5.47. The summed E-state index contributed by atoms with van der Waals surface area (Å²) in [5, 5.41) is 9.73. The quantitative estimate of drug-likeness (QED) is 0.889. The van der Waals surface area contributed by atoms with Gasteiger partial charge in [0.05, 0.1) is 12.7 Å². The lowest BCUT2D eigenvalue weighted by molar-refractivity contribution is -0.0873. The summed E-state index contributed by atoms with van der Waals surface area (Å²) in [6, 6.07) is 6.43. The molecule has 1 aromatic carbocycles. The van der Waals surface area contributed by atoms with Crippen molar-refractivity contribution in [2.24, 2.45) is 0 Å². The molecule has 0 aromatic heterocycles. The Bertz CT molecular complexity index is 419. The van der Waals surface area contributed by atoms with Crippen molar-refractivity contribution in [3.63, 3.8) is 0 Å². The standard InChI is InChI=1S/C15H23NO2/c1-11(2)12-5-6-13(14(7-12)18-4)8-16-9-15(3,17)10-16/h5-7,11,17H,8-10H2,1-4H3. The summed E-state index contributed by atoms with van der Waals surface area (Å²) in [5.74, 6) is 1.46. The van der Waals surface area contributed by atoms with Crippen molar-refractivity contribution < 1.29 is 9.84 Å². The van der Waals surface area contributed by atoms with Crippen LogP contribution >= 0.6 is 0 Å². The van der Waals surface area contributed by atoms with Crippen molar-refractivity contribution in [3.8, 4) is 5.75 Å². The fourth-order valence-electron chi connectivity index (χ4n) is 2.52. The van der Waals surface area contributed by atoms with Gasteiger partial charge in [-0.3, -0.25) is 4.90 Å². The number of hydrogen-bond acceptors (Lipinski definition) is 3. The van der Waals surface area contributed by atoms with Crippen LogP contribution < -0.4 is 4.74 Å². The maximum atomic E-state index is 9.73. The summed E-state index contributed by atoms with van der Waals surface area (Å²) in [6.07, 6.45) is 0. The van der Waals surface area contributed by atoms with Crippen LogP contribution in [0, 0.1) is 0 Å². The lowest BCUT2D eigenvalue weighted by atomic mass is 9.95. The molecule has 2 rings (SSSR count). The average molecular weight is 249 g/mol. The number of nitrogens with zero attached hydrogens (tertiary/aromatic N) is 1. The van der Waals surface area contributed by atoms with Crippen molar-refractivity contribution in [1.29, 1.82) is 0 Å². The second-order valence-corrected chi connectivity index (χ2v) is 5.87. The van der Waals surface area contributed by atoms with E-state index in [4.69, 9.17) is 4.74 Å². The van der Waals surface area contributed by atoms with Gasteiger partial charge in [0.25, 0.3) is 0 Å². The summed E-state index contributed by atoms with van der Waals surface area (Å²) in [4.78, 5) is 2.23. The van der Waals surface area contributed by atoms with E-state index in [0.29, 0.717) is 5.92 Å². The second-order valence-electron chi connectivity index (χ2n) is 5.87. The lowest BCUT2D eigenvalue weighted by Crippen LogP contribution is -2.59. The first-order chi connectivity index (χ1) is 8.41. The smallest absolute Gasteiger partial charge is 0.123 e. The molecule has 1 fully saturated rings. The molecule has 0 radical (unpaired) electrons. The largest absolute Gasteiger partial charge is 0.496 e. The van der Waals surface area contributed by atoms with Crippen LogP contribution in [0.4, 0.5) is 0 Å². The Kier molecular flexibility index (Phi) is 3.64. The Hall–Kier alpha value is -1.06. The molecule has 100 valence electrons. The topological polar surface area (TPSA) is 32.7 Å². The number of aliphatic hydroxyl groups is 1. The molecule has 0 amide bonds. The SMILES string of the molecule is COc1cc(C(C)C)ccc1CN1CC(C)(O)C1. The van der Waals surface area contributed by atoms with Crippen molar-refractivity contribution in [1.82, 2.24) is 4.90 Å². The summed E-state index contributed by atoms with van der Waals surface area (Å²) >= 11 is 0. The molecule has 0 saturated carbocycles. The van der Waals surface area contributed by atoms with Gasteiger partial charge in [-0.2, -0.15) is 0 Å². The Morgan fingerprint density at radius 2 is 2.06 bits per heavy atom. The van der Waals surface area contributed by atoms with Crippen LogP contribution in [0.3, 0.4) is 0 Å². The van der Waals surface area contributed by atoms with Crippen LogP contribution in [0.5, 0.6) is 5.75 Å². The summed E-state index contributed by atoms with van der Waals surface area (Å²) in [7, 11) is 1.72. The van der Waals surface area contributed by atoms with E-state index in [1.807, 2.05) is 6.92 Å². The molecule has 0 aliphatic carbocycles. The van der Waals surface area contributed by atoms with E-state index < -0.39 is 5.60 Å². The minimum atomic E-state index is -0.509. The van der Waals surface area contributed by atoms with E-state index in [1.165, 1.54) is 11.1 Å². The van der Waals surface area contributed by atoms with Crippen LogP contribution in [-0.2, 0) is 6.54 Å². The first kappa shape index (κ1) is 13.4. The summed E-state index contributed by atoms with van der Waals surface area (Å²) in [5.41, 5.74) is 1.98. The van der Waals surface area contributed by atoms with Gasteiger partial charge in [0.1, 0.15) is 5.75 Å². The first-order valence-electron chi connectivity index (χ1n) is 6.53. The zero-order chi connectivity index (χ0) is 13.3. The predicted octanol–water partition coefficient (Wildman–Crippen LogP) is 2.39. The minimum absolute atomic E-state index is 0.509. The molecule has 0 spiro atoms.